The van der Waals surface area contributed by atoms with Crippen LogP contribution in [0.1, 0.15) is 25.8 Å². The first-order valence-corrected chi connectivity index (χ1v) is 10.1. The van der Waals surface area contributed by atoms with Crippen LogP contribution in [0.2, 0.25) is 0 Å². The highest BCUT2D eigenvalue weighted by Crippen LogP contribution is 2.47. The zero-order valence-corrected chi connectivity index (χ0v) is 18.1. The molecule has 2 aliphatic rings. The van der Waals surface area contributed by atoms with Crippen LogP contribution in [0.4, 0.5) is 5.69 Å². The molecule has 1 aliphatic heterocycles. The lowest BCUT2D eigenvalue weighted by Gasteiger charge is -2.29. The van der Waals surface area contributed by atoms with E-state index in [2.05, 4.69) is 76.3 Å². The van der Waals surface area contributed by atoms with Crippen molar-refractivity contribution >= 4 is 11.5 Å². The number of nitriles is 1. The van der Waals surface area contributed by atoms with Gasteiger partial charge in [-0.05, 0) is 42.0 Å². The fourth-order valence-electron chi connectivity index (χ4n) is 4.00. The summed E-state index contributed by atoms with van der Waals surface area (Å²) in [5, 5.41) is 9.15. The Morgan fingerprint density at radius 1 is 1.14 bits per heavy atom. The van der Waals surface area contributed by atoms with Gasteiger partial charge in [0, 0.05) is 35.3 Å². The molecule has 0 unspecified atom stereocenters. The third-order valence-corrected chi connectivity index (χ3v) is 5.57. The number of hydrogen-bond donors (Lipinski definition) is 0. The molecule has 1 heterocycles. The van der Waals surface area contributed by atoms with E-state index < -0.39 is 0 Å². The molecule has 0 radical (unpaired) electrons. The Hall–Kier alpha value is -2.90. The largest absolute Gasteiger partial charge is 0.344 e. The maximum Gasteiger partial charge on any atom is 0.185 e. The highest BCUT2D eigenvalue weighted by atomic mass is 16.1. The van der Waals surface area contributed by atoms with E-state index in [0.29, 0.717) is 11.1 Å². The number of allylic oxidation sites excluding steroid dienone is 8. The number of anilines is 1. The Kier molecular flexibility index (Phi) is 5.64. The quantitative estimate of drug-likeness (QED) is 0.559. The fraction of sp³-hybridized carbons (Fsp3) is 0.360. The van der Waals surface area contributed by atoms with Crippen molar-refractivity contribution in [3.8, 4) is 6.07 Å². The molecule has 1 aliphatic carbocycles. The predicted octanol–water partition coefficient (Wildman–Crippen LogP) is 4.28. The highest BCUT2D eigenvalue weighted by Gasteiger charge is 2.39. The van der Waals surface area contributed by atoms with Crippen LogP contribution in [0.25, 0.3) is 0 Å². The van der Waals surface area contributed by atoms with Crippen molar-refractivity contribution in [2.45, 2.75) is 25.7 Å². The normalized spacial score (nSPS) is 20.8. The monoisotopic (exact) mass is 388 g/mol. The third-order valence-electron chi connectivity index (χ3n) is 5.57. The molecule has 29 heavy (non-hydrogen) atoms. The molecule has 4 nitrogen and oxygen atoms in total. The first kappa shape index (κ1) is 20.8. The topological polar surface area (TPSA) is 44.1 Å². The molecule has 0 saturated carbocycles. The average Bonchev–Trinajstić information content (AvgIpc) is 2.87. The average molecular weight is 389 g/mol. The van der Waals surface area contributed by atoms with E-state index in [-0.39, 0.29) is 11.2 Å². The van der Waals surface area contributed by atoms with Gasteiger partial charge in [0.05, 0.1) is 39.3 Å². The zero-order valence-electron chi connectivity index (χ0n) is 18.1. The first-order chi connectivity index (χ1) is 13.6. The fourth-order valence-corrected chi connectivity index (χ4v) is 4.00. The minimum atomic E-state index is -0.153. The molecule has 0 saturated heterocycles. The van der Waals surface area contributed by atoms with Crippen LogP contribution in [0.15, 0.2) is 71.5 Å². The first-order valence-electron chi connectivity index (χ1n) is 10.1. The van der Waals surface area contributed by atoms with Crippen molar-refractivity contribution in [3.05, 3.63) is 77.1 Å². The van der Waals surface area contributed by atoms with Crippen molar-refractivity contribution in [1.82, 2.24) is 0 Å². The van der Waals surface area contributed by atoms with Crippen LogP contribution >= 0.6 is 0 Å². The Labute approximate surface area is 174 Å². The van der Waals surface area contributed by atoms with Crippen molar-refractivity contribution < 1.29 is 9.28 Å². The van der Waals surface area contributed by atoms with Gasteiger partial charge in [0.2, 0.25) is 0 Å². The van der Waals surface area contributed by atoms with Crippen LogP contribution in [-0.4, -0.2) is 44.5 Å². The molecule has 0 amide bonds. The number of ketones is 1. The molecule has 0 spiro atoms. The number of fused-ring (bicyclic) bond motifs is 1. The van der Waals surface area contributed by atoms with E-state index in [1.165, 1.54) is 23.0 Å². The lowest BCUT2D eigenvalue weighted by atomic mass is 9.83. The predicted molar refractivity (Wildman–Crippen MR) is 118 cm³/mol. The number of rotatable bonds is 5. The van der Waals surface area contributed by atoms with E-state index in [9.17, 15) is 4.79 Å². The number of para-hydroxylation sites is 1. The second kappa shape index (κ2) is 7.85. The minimum Gasteiger partial charge on any atom is -0.344 e. The van der Waals surface area contributed by atoms with E-state index in [1.54, 1.807) is 12.2 Å². The number of quaternary nitrogens is 1. The van der Waals surface area contributed by atoms with Gasteiger partial charge in [0.1, 0.15) is 0 Å². The highest BCUT2D eigenvalue weighted by molar-refractivity contribution is 6.08. The molecule has 4 heteroatoms. The molecular formula is C25H30N3O+. The maximum absolute atomic E-state index is 12.3. The molecule has 0 fully saturated rings. The number of hydrogen-bond acceptors (Lipinski definition) is 3. The van der Waals surface area contributed by atoms with Crippen molar-refractivity contribution in [2.75, 3.05) is 39.1 Å². The third kappa shape index (κ3) is 4.41. The zero-order chi connectivity index (χ0) is 21.2. The second-order valence-corrected chi connectivity index (χ2v) is 9.24. The lowest BCUT2D eigenvalue weighted by molar-refractivity contribution is -0.870. The summed E-state index contributed by atoms with van der Waals surface area (Å²) in [6.45, 7) is 6.48. The van der Waals surface area contributed by atoms with Crippen LogP contribution in [-0.2, 0) is 10.2 Å². The summed E-state index contributed by atoms with van der Waals surface area (Å²) in [5.41, 5.74) is 4.63. The summed E-state index contributed by atoms with van der Waals surface area (Å²) in [7, 11) is 6.64. The molecular weight excluding hydrogens is 358 g/mol. The molecule has 0 atom stereocenters. The van der Waals surface area contributed by atoms with Crippen LogP contribution in [0.5, 0.6) is 0 Å². The number of nitrogens with zero attached hydrogens (tertiary/aromatic N) is 3. The second-order valence-electron chi connectivity index (χ2n) is 9.24. The van der Waals surface area contributed by atoms with Gasteiger partial charge in [0.15, 0.2) is 5.78 Å². The van der Waals surface area contributed by atoms with Crippen LogP contribution in [0.3, 0.4) is 0 Å². The summed E-state index contributed by atoms with van der Waals surface area (Å²) in [6.07, 6.45) is 9.69. The summed E-state index contributed by atoms with van der Waals surface area (Å²) in [5.74, 6) is -0.0641. The van der Waals surface area contributed by atoms with E-state index >= 15 is 0 Å². The minimum absolute atomic E-state index is 0.0641. The molecule has 1 aromatic rings. The van der Waals surface area contributed by atoms with Crippen LogP contribution in [0, 0.1) is 11.3 Å². The molecule has 1 aromatic carbocycles. The van der Waals surface area contributed by atoms with Crippen molar-refractivity contribution in [3.63, 3.8) is 0 Å². The van der Waals surface area contributed by atoms with E-state index in [4.69, 9.17) is 5.26 Å². The van der Waals surface area contributed by atoms with Gasteiger partial charge in [-0.2, -0.15) is 5.26 Å². The molecule has 3 rings (SSSR count). The van der Waals surface area contributed by atoms with E-state index in [0.717, 1.165) is 24.0 Å². The number of carbonyl (C=O) groups is 1. The Balaban J connectivity index is 1.98. The van der Waals surface area contributed by atoms with Gasteiger partial charge in [0.25, 0.3) is 0 Å². The molecule has 0 N–H and O–H groups in total. The van der Waals surface area contributed by atoms with Gasteiger partial charge in [-0.25, -0.2) is 0 Å². The van der Waals surface area contributed by atoms with E-state index in [1.807, 2.05) is 6.08 Å². The smallest absolute Gasteiger partial charge is 0.185 e. The number of benzene rings is 1. The summed E-state index contributed by atoms with van der Waals surface area (Å²) in [6, 6.07) is 10.7. The van der Waals surface area contributed by atoms with Gasteiger partial charge >= 0.3 is 0 Å². The maximum atomic E-state index is 12.3. The molecule has 0 bridgehead atoms. The summed E-state index contributed by atoms with van der Waals surface area (Å²) in [4.78, 5) is 14.6. The molecule has 150 valence electrons. The van der Waals surface area contributed by atoms with Gasteiger partial charge in [-0.3, -0.25) is 4.79 Å². The Bertz CT molecular complexity index is 978. The summed E-state index contributed by atoms with van der Waals surface area (Å²) >= 11 is 0. The summed E-state index contributed by atoms with van der Waals surface area (Å²) < 4.78 is 0.935. The van der Waals surface area contributed by atoms with Gasteiger partial charge < -0.3 is 9.38 Å². The van der Waals surface area contributed by atoms with Gasteiger partial charge in [-0.15, -0.1) is 0 Å². The standard InChI is InChI=1S/C25H30N3O/c1-25(2)21-9-6-7-10-22(21)27(15-8-16-28(3,4)5)24(25)14-12-20-17-19(18-26)11-13-23(20)29/h6-7,9-14,17H,8,15-16H2,1-5H3/q+1/b20-12-,24-14+. The Morgan fingerprint density at radius 3 is 2.55 bits per heavy atom. The SMILES string of the molecule is CC1(C)/C(=C\C=C2\C=C(C#N)C=CC2=O)N(CCC[N+](C)(C)C)c2ccccc21. The van der Waals surface area contributed by atoms with Crippen LogP contribution < -0.4 is 4.90 Å². The van der Waals surface area contributed by atoms with Crippen molar-refractivity contribution in [1.29, 1.82) is 5.26 Å². The molecule has 0 aromatic heterocycles. The Morgan fingerprint density at radius 2 is 1.86 bits per heavy atom. The lowest BCUT2D eigenvalue weighted by Crippen LogP contribution is -2.37. The van der Waals surface area contributed by atoms with Crippen molar-refractivity contribution in [2.24, 2.45) is 0 Å². The van der Waals surface area contributed by atoms with Gasteiger partial charge in [-0.1, -0.05) is 32.0 Å². The number of carbonyl (C=O) groups excluding carboxylic acids is 1.